The van der Waals surface area contributed by atoms with Gasteiger partial charge in [-0.15, -0.1) is 11.3 Å². The van der Waals surface area contributed by atoms with Gasteiger partial charge in [0.2, 0.25) is 0 Å². The second-order valence-electron chi connectivity index (χ2n) is 6.15. The van der Waals surface area contributed by atoms with Crippen molar-refractivity contribution >= 4 is 22.5 Å². The van der Waals surface area contributed by atoms with Gasteiger partial charge in [-0.2, -0.15) is 0 Å². The van der Waals surface area contributed by atoms with Crippen LogP contribution in [0, 0.1) is 0 Å². The third-order valence-corrected chi connectivity index (χ3v) is 5.24. The molecular weight excluding hydrogens is 350 g/mol. The largest absolute Gasteiger partial charge is 0.332 e. The summed E-state index contributed by atoms with van der Waals surface area (Å²) in [4.78, 5) is 33.4. The van der Waals surface area contributed by atoms with Crippen molar-refractivity contribution in [3.8, 4) is 0 Å². The Balaban J connectivity index is 1.67. The number of benzene rings is 1. The Kier molecular flexibility index (Phi) is 4.04. The highest BCUT2D eigenvalue weighted by Crippen LogP contribution is 2.16. The molecule has 26 heavy (non-hydrogen) atoms. The first kappa shape index (κ1) is 16.5. The van der Waals surface area contributed by atoms with Gasteiger partial charge in [0.25, 0.3) is 5.56 Å². The van der Waals surface area contributed by atoms with E-state index < -0.39 is 0 Å². The average Bonchev–Trinajstić information content (AvgIpc) is 3.26. The summed E-state index contributed by atoms with van der Waals surface area (Å²) in [5.74, 6) is 0. The highest BCUT2D eigenvalue weighted by atomic mass is 32.1. The zero-order chi connectivity index (χ0) is 18.3. The first-order valence-corrected chi connectivity index (χ1v) is 9.00. The van der Waals surface area contributed by atoms with E-state index in [1.165, 1.54) is 17.2 Å². The monoisotopic (exact) mass is 367 g/mol. The number of hydrogen-bond donors (Lipinski definition) is 0. The van der Waals surface area contributed by atoms with Gasteiger partial charge in [0.15, 0.2) is 11.2 Å². The molecule has 8 heteroatoms. The van der Waals surface area contributed by atoms with Crippen molar-refractivity contribution in [1.29, 1.82) is 0 Å². The number of nitrogens with zero attached hydrogens (tertiary/aromatic N) is 5. The van der Waals surface area contributed by atoms with Crippen LogP contribution in [0.3, 0.4) is 0 Å². The van der Waals surface area contributed by atoms with Crippen LogP contribution in [-0.4, -0.2) is 23.7 Å². The van der Waals surface area contributed by atoms with Crippen molar-refractivity contribution in [2.75, 3.05) is 0 Å². The van der Waals surface area contributed by atoms with Crippen molar-refractivity contribution in [2.24, 2.45) is 14.1 Å². The second kappa shape index (κ2) is 6.38. The maximum Gasteiger partial charge on any atom is 0.332 e. The molecule has 0 N–H and O–H groups in total. The fraction of sp³-hybridized carbons (Fsp3) is 0.222. The van der Waals surface area contributed by atoms with Crippen LogP contribution in [0.4, 0.5) is 0 Å². The molecule has 0 radical (unpaired) electrons. The van der Waals surface area contributed by atoms with E-state index in [0.717, 1.165) is 21.7 Å². The fourth-order valence-electron chi connectivity index (χ4n) is 2.96. The zero-order valence-electron chi connectivity index (χ0n) is 14.4. The number of aryl methyl sites for hydroxylation is 1. The van der Waals surface area contributed by atoms with Crippen molar-refractivity contribution in [3.63, 3.8) is 0 Å². The Hall–Kier alpha value is -3.00. The molecule has 0 amide bonds. The van der Waals surface area contributed by atoms with Crippen molar-refractivity contribution in [1.82, 2.24) is 23.7 Å². The summed E-state index contributed by atoms with van der Waals surface area (Å²) < 4.78 is 4.23. The van der Waals surface area contributed by atoms with E-state index in [-0.39, 0.29) is 11.2 Å². The Labute approximate surface area is 152 Å². The van der Waals surface area contributed by atoms with Crippen LogP contribution in [0.2, 0.25) is 0 Å². The van der Waals surface area contributed by atoms with Gasteiger partial charge in [0.1, 0.15) is 0 Å². The van der Waals surface area contributed by atoms with Crippen molar-refractivity contribution < 1.29 is 0 Å². The smallest absolute Gasteiger partial charge is 0.319 e. The highest BCUT2D eigenvalue weighted by molar-refractivity contribution is 7.09. The predicted octanol–water partition coefficient (Wildman–Crippen LogP) is 1.53. The van der Waals surface area contributed by atoms with Gasteiger partial charge < -0.3 is 4.57 Å². The highest BCUT2D eigenvalue weighted by Gasteiger charge is 2.15. The lowest BCUT2D eigenvalue weighted by molar-refractivity contribution is 0.701. The van der Waals surface area contributed by atoms with E-state index in [4.69, 9.17) is 0 Å². The molecule has 0 saturated heterocycles. The molecular formula is C18H17N5O2S. The standard InChI is InChI=1S/C18H17N5O2S/c1-21-16-15(17(24)22(2)18(21)25)23(11-19-16)9-13-10-26-14(20-13)8-12-6-4-3-5-7-12/h3-7,10-11H,8-9H2,1-2H3. The molecule has 0 aliphatic carbocycles. The molecule has 3 heterocycles. The Morgan fingerprint density at radius 1 is 1.08 bits per heavy atom. The minimum absolute atomic E-state index is 0.347. The lowest BCUT2D eigenvalue weighted by Gasteiger charge is -2.05. The Morgan fingerprint density at radius 3 is 2.62 bits per heavy atom. The number of thiazole rings is 1. The SMILES string of the molecule is Cn1c(=O)c2c(ncn2Cc2csc(Cc3ccccc3)n2)n(C)c1=O. The number of aromatic nitrogens is 5. The van der Waals surface area contributed by atoms with Crippen LogP contribution in [-0.2, 0) is 27.1 Å². The molecule has 7 nitrogen and oxygen atoms in total. The van der Waals surface area contributed by atoms with E-state index in [0.29, 0.717) is 17.7 Å². The molecule has 1 aromatic carbocycles. The first-order valence-electron chi connectivity index (χ1n) is 8.12. The van der Waals surface area contributed by atoms with Crippen LogP contribution in [0.25, 0.3) is 11.2 Å². The van der Waals surface area contributed by atoms with E-state index in [1.807, 2.05) is 23.6 Å². The minimum atomic E-state index is -0.383. The second-order valence-corrected chi connectivity index (χ2v) is 7.09. The van der Waals surface area contributed by atoms with E-state index >= 15 is 0 Å². The first-order chi connectivity index (χ1) is 12.5. The summed E-state index contributed by atoms with van der Waals surface area (Å²) in [6.45, 7) is 0.440. The predicted molar refractivity (Wildman–Crippen MR) is 101 cm³/mol. The van der Waals surface area contributed by atoms with Crippen molar-refractivity contribution in [3.05, 3.63) is 79.1 Å². The molecule has 0 saturated carbocycles. The third kappa shape index (κ3) is 2.78. The van der Waals surface area contributed by atoms with Crippen LogP contribution >= 0.6 is 11.3 Å². The summed E-state index contributed by atoms with van der Waals surface area (Å²) in [6.07, 6.45) is 2.37. The number of fused-ring (bicyclic) bond motifs is 1. The molecule has 0 bridgehead atoms. The van der Waals surface area contributed by atoms with Crippen LogP contribution < -0.4 is 11.2 Å². The average molecular weight is 367 g/mol. The number of imidazole rings is 1. The van der Waals surface area contributed by atoms with Crippen LogP contribution in [0.5, 0.6) is 0 Å². The summed E-state index contributed by atoms with van der Waals surface area (Å²) >= 11 is 1.60. The molecule has 0 aliphatic heterocycles. The topological polar surface area (TPSA) is 74.7 Å². The summed E-state index contributed by atoms with van der Waals surface area (Å²) in [5, 5.41) is 3.02. The molecule has 4 rings (SSSR count). The summed E-state index contributed by atoms with van der Waals surface area (Å²) in [6, 6.07) is 10.2. The molecule has 0 atom stereocenters. The Bertz CT molecular complexity index is 1200. The molecule has 0 aliphatic rings. The zero-order valence-corrected chi connectivity index (χ0v) is 15.2. The molecule has 4 aromatic rings. The molecule has 0 unspecified atom stereocenters. The van der Waals surface area contributed by atoms with E-state index in [1.54, 1.807) is 29.3 Å². The van der Waals surface area contributed by atoms with Gasteiger partial charge in [-0.1, -0.05) is 30.3 Å². The van der Waals surface area contributed by atoms with Gasteiger partial charge in [-0.3, -0.25) is 13.9 Å². The number of rotatable bonds is 4. The maximum atomic E-state index is 12.5. The molecule has 3 aromatic heterocycles. The van der Waals surface area contributed by atoms with Gasteiger partial charge in [0, 0.05) is 25.9 Å². The van der Waals surface area contributed by atoms with Crippen molar-refractivity contribution in [2.45, 2.75) is 13.0 Å². The van der Waals surface area contributed by atoms with E-state index in [9.17, 15) is 9.59 Å². The van der Waals surface area contributed by atoms with Gasteiger partial charge >= 0.3 is 5.69 Å². The van der Waals surface area contributed by atoms with Gasteiger partial charge in [-0.25, -0.2) is 14.8 Å². The maximum absolute atomic E-state index is 12.5. The lowest BCUT2D eigenvalue weighted by Crippen LogP contribution is -2.37. The summed E-state index contributed by atoms with van der Waals surface area (Å²) in [5.41, 5.74) is 2.15. The summed E-state index contributed by atoms with van der Waals surface area (Å²) in [7, 11) is 3.09. The van der Waals surface area contributed by atoms with Gasteiger partial charge in [0.05, 0.1) is 23.6 Å². The van der Waals surface area contributed by atoms with Crippen LogP contribution in [0.15, 0.2) is 51.6 Å². The fourth-order valence-corrected chi connectivity index (χ4v) is 3.78. The third-order valence-electron chi connectivity index (χ3n) is 4.35. The number of hydrogen-bond acceptors (Lipinski definition) is 5. The normalized spacial score (nSPS) is 11.3. The Morgan fingerprint density at radius 2 is 1.85 bits per heavy atom. The van der Waals surface area contributed by atoms with Gasteiger partial charge in [-0.05, 0) is 5.56 Å². The molecule has 0 spiro atoms. The lowest BCUT2D eigenvalue weighted by atomic mass is 10.2. The molecule has 132 valence electrons. The quantitative estimate of drug-likeness (QED) is 0.548. The minimum Gasteiger partial charge on any atom is -0.319 e. The van der Waals surface area contributed by atoms with Crippen LogP contribution in [0.1, 0.15) is 16.3 Å². The van der Waals surface area contributed by atoms with E-state index in [2.05, 4.69) is 22.1 Å². The molecule has 0 fully saturated rings.